The molecule has 82 valence electrons. The molecule has 1 aliphatic heterocycles. The van der Waals surface area contributed by atoms with Crippen molar-refractivity contribution in [1.82, 2.24) is 5.32 Å². The van der Waals surface area contributed by atoms with Crippen molar-refractivity contribution in [3.63, 3.8) is 0 Å². The number of nitrogens with one attached hydrogen (secondary N) is 1. The Labute approximate surface area is 85.8 Å². The predicted octanol–water partition coefficient (Wildman–Crippen LogP) is 0.918. The van der Waals surface area contributed by atoms with Crippen LogP contribution in [-0.2, 0) is 4.74 Å². The lowest BCUT2D eigenvalue weighted by Crippen LogP contribution is -2.42. The van der Waals surface area contributed by atoms with Crippen LogP contribution in [0, 0.1) is 5.92 Å². The van der Waals surface area contributed by atoms with Crippen molar-refractivity contribution < 1.29 is 9.84 Å². The Balaban J connectivity index is 1.61. The van der Waals surface area contributed by atoms with Gasteiger partial charge < -0.3 is 15.2 Å². The summed E-state index contributed by atoms with van der Waals surface area (Å²) in [5, 5.41) is 13.4. The Kier molecular flexibility index (Phi) is 3.42. The monoisotopic (exact) mass is 199 g/mol. The van der Waals surface area contributed by atoms with Crippen molar-refractivity contribution in [2.24, 2.45) is 5.92 Å². The molecule has 2 aliphatic rings. The molecule has 0 radical (unpaired) electrons. The van der Waals surface area contributed by atoms with E-state index in [1.165, 1.54) is 25.7 Å². The molecule has 1 saturated carbocycles. The number of aliphatic hydroxyl groups is 1. The van der Waals surface area contributed by atoms with Gasteiger partial charge >= 0.3 is 0 Å². The van der Waals surface area contributed by atoms with Crippen LogP contribution in [0.15, 0.2) is 0 Å². The normalized spacial score (nSPS) is 34.1. The average molecular weight is 199 g/mol. The zero-order chi connectivity index (χ0) is 9.86. The Morgan fingerprint density at radius 3 is 2.79 bits per heavy atom. The van der Waals surface area contributed by atoms with Crippen molar-refractivity contribution in [2.45, 2.75) is 37.7 Å². The summed E-state index contributed by atoms with van der Waals surface area (Å²) >= 11 is 0. The summed E-state index contributed by atoms with van der Waals surface area (Å²) < 4.78 is 5.19. The summed E-state index contributed by atoms with van der Waals surface area (Å²) in [7, 11) is 0. The second-order valence-corrected chi connectivity index (χ2v) is 4.81. The molecule has 14 heavy (non-hydrogen) atoms. The fourth-order valence-electron chi connectivity index (χ4n) is 2.46. The SMILES string of the molecule is OC1(CNCC2CCCC2)CCOC1. The van der Waals surface area contributed by atoms with E-state index in [2.05, 4.69) is 5.32 Å². The van der Waals surface area contributed by atoms with Crippen LogP contribution in [0.25, 0.3) is 0 Å². The molecular formula is C11H21NO2. The first kappa shape index (κ1) is 10.4. The number of rotatable bonds is 4. The van der Waals surface area contributed by atoms with E-state index < -0.39 is 5.60 Å². The van der Waals surface area contributed by atoms with E-state index in [0.29, 0.717) is 19.8 Å². The maximum absolute atomic E-state index is 9.98. The molecule has 0 aromatic heterocycles. The highest BCUT2D eigenvalue weighted by Gasteiger charge is 2.31. The van der Waals surface area contributed by atoms with Crippen molar-refractivity contribution in [3.8, 4) is 0 Å². The molecular weight excluding hydrogens is 178 g/mol. The maximum Gasteiger partial charge on any atom is 0.102 e. The molecule has 1 aliphatic carbocycles. The summed E-state index contributed by atoms with van der Waals surface area (Å²) in [6, 6.07) is 0. The smallest absolute Gasteiger partial charge is 0.102 e. The van der Waals surface area contributed by atoms with Crippen molar-refractivity contribution in [2.75, 3.05) is 26.3 Å². The maximum atomic E-state index is 9.98. The standard InChI is InChI=1S/C11H21NO2/c13-11(5-6-14-9-11)8-12-7-10-3-1-2-4-10/h10,12-13H,1-9H2. The molecule has 3 nitrogen and oxygen atoms in total. The first-order valence-electron chi connectivity index (χ1n) is 5.79. The summed E-state index contributed by atoms with van der Waals surface area (Å²) in [5.41, 5.74) is -0.585. The molecule has 0 aromatic carbocycles. The third-order valence-electron chi connectivity index (χ3n) is 3.44. The molecule has 2 N–H and O–H groups in total. The van der Waals surface area contributed by atoms with Crippen LogP contribution >= 0.6 is 0 Å². The number of hydrogen-bond donors (Lipinski definition) is 2. The van der Waals surface area contributed by atoms with Crippen LogP contribution in [0.2, 0.25) is 0 Å². The summed E-state index contributed by atoms with van der Waals surface area (Å²) in [4.78, 5) is 0. The molecule has 1 atom stereocenters. The van der Waals surface area contributed by atoms with E-state index in [1.54, 1.807) is 0 Å². The summed E-state index contributed by atoms with van der Waals surface area (Å²) in [5.74, 6) is 0.848. The Bertz CT molecular complexity index is 172. The molecule has 1 heterocycles. The highest BCUT2D eigenvalue weighted by Crippen LogP contribution is 2.24. The first-order valence-corrected chi connectivity index (χ1v) is 5.79. The predicted molar refractivity (Wildman–Crippen MR) is 55.2 cm³/mol. The lowest BCUT2D eigenvalue weighted by Gasteiger charge is -2.21. The van der Waals surface area contributed by atoms with Gasteiger partial charge in [-0.2, -0.15) is 0 Å². The topological polar surface area (TPSA) is 41.5 Å². The highest BCUT2D eigenvalue weighted by atomic mass is 16.5. The van der Waals surface area contributed by atoms with Gasteiger partial charge in [-0.3, -0.25) is 0 Å². The van der Waals surface area contributed by atoms with Crippen molar-refractivity contribution >= 4 is 0 Å². The highest BCUT2D eigenvalue weighted by molar-refractivity contribution is 4.85. The molecule has 0 amide bonds. The largest absolute Gasteiger partial charge is 0.386 e. The van der Waals surface area contributed by atoms with Gasteiger partial charge in [0.15, 0.2) is 0 Å². The Morgan fingerprint density at radius 2 is 2.14 bits per heavy atom. The number of ether oxygens (including phenoxy) is 1. The molecule has 1 saturated heterocycles. The second kappa shape index (κ2) is 4.60. The molecule has 0 bridgehead atoms. The third kappa shape index (κ3) is 2.69. The van der Waals surface area contributed by atoms with Gasteiger partial charge in [-0.1, -0.05) is 12.8 Å². The Morgan fingerprint density at radius 1 is 1.36 bits per heavy atom. The fourth-order valence-corrected chi connectivity index (χ4v) is 2.46. The minimum absolute atomic E-state index is 0.505. The van der Waals surface area contributed by atoms with Crippen LogP contribution in [0.3, 0.4) is 0 Å². The molecule has 2 fully saturated rings. The van der Waals surface area contributed by atoms with Crippen molar-refractivity contribution in [1.29, 1.82) is 0 Å². The summed E-state index contributed by atoms with van der Waals surface area (Å²) in [6.07, 6.45) is 6.29. The lowest BCUT2D eigenvalue weighted by atomic mass is 10.0. The quantitative estimate of drug-likeness (QED) is 0.707. The van der Waals surface area contributed by atoms with Gasteiger partial charge in [-0.25, -0.2) is 0 Å². The van der Waals surface area contributed by atoms with E-state index in [9.17, 15) is 5.11 Å². The van der Waals surface area contributed by atoms with E-state index >= 15 is 0 Å². The number of hydrogen-bond acceptors (Lipinski definition) is 3. The van der Waals surface area contributed by atoms with Gasteiger partial charge in [0.05, 0.1) is 6.61 Å². The van der Waals surface area contributed by atoms with Gasteiger partial charge in [0.1, 0.15) is 5.60 Å². The van der Waals surface area contributed by atoms with E-state index in [-0.39, 0.29) is 0 Å². The summed E-state index contributed by atoms with van der Waals surface area (Å²) in [6.45, 7) is 2.98. The zero-order valence-electron chi connectivity index (χ0n) is 8.80. The van der Waals surface area contributed by atoms with Crippen LogP contribution in [0.5, 0.6) is 0 Å². The molecule has 0 spiro atoms. The van der Waals surface area contributed by atoms with Crippen LogP contribution < -0.4 is 5.32 Å². The first-order chi connectivity index (χ1) is 6.79. The fraction of sp³-hybridized carbons (Fsp3) is 1.00. The van der Waals surface area contributed by atoms with Gasteiger partial charge in [0.2, 0.25) is 0 Å². The third-order valence-corrected chi connectivity index (χ3v) is 3.44. The van der Waals surface area contributed by atoms with Gasteiger partial charge in [0.25, 0.3) is 0 Å². The Hall–Kier alpha value is -0.120. The van der Waals surface area contributed by atoms with Gasteiger partial charge in [-0.05, 0) is 25.3 Å². The van der Waals surface area contributed by atoms with E-state index in [4.69, 9.17) is 4.74 Å². The second-order valence-electron chi connectivity index (χ2n) is 4.81. The minimum Gasteiger partial charge on any atom is -0.386 e. The minimum atomic E-state index is -0.585. The average Bonchev–Trinajstić information content (AvgIpc) is 2.77. The van der Waals surface area contributed by atoms with E-state index in [0.717, 1.165) is 18.9 Å². The molecule has 0 aromatic rings. The van der Waals surface area contributed by atoms with Gasteiger partial charge in [0, 0.05) is 19.6 Å². The lowest BCUT2D eigenvalue weighted by molar-refractivity contribution is 0.0265. The van der Waals surface area contributed by atoms with Crippen LogP contribution in [0.4, 0.5) is 0 Å². The zero-order valence-corrected chi connectivity index (χ0v) is 8.80. The van der Waals surface area contributed by atoms with E-state index in [1.807, 2.05) is 0 Å². The van der Waals surface area contributed by atoms with Crippen LogP contribution in [-0.4, -0.2) is 37.0 Å². The van der Waals surface area contributed by atoms with Gasteiger partial charge in [-0.15, -0.1) is 0 Å². The molecule has 3 heteroatoms. The van der Waals surface area contributed by atoms with Crippen molar-refractivity contribution in [3.05, 3.63) is 0 Å². The van der Waals surface area contributed by atoms with Crippen LogP contribution in [0.1, 0.15) is 32.1 Å². The molecule has 1 unspecified atom stereocenters. The molecule has 2 rings (SSSR count).